The van der Waals surface area contributed by atoms with Crippen molar-refractivity contribution in [2.45, 2.75) is 13.0 Å². The largest absolute Gasteiger partial charge is 0.450 e. The highest BCUT2D eigenvalue weighted by Gasteiger charge is 2.44. The number of rotatable bonds is 2. The zero-order valence-corrected chi connectivity index (χ0v) is 17.5. The fraction of sp³-hybridized carbons (Fsp3) is 0.0870. The Labute approximate surface area is 185 Å². The Morgan fingerprint density at radius 2 is 1.84 bits per heavy atom. The summed E-state index contributed by atoms with van der Waals surface area (Å²) in [7, 11) is 0. The van der Waals surface area contributed by atoms with Gasteiger partial charge >= 0.3 is 0 Å². The van der Waals surface area contributed by atoms with E-state index in [0.717, 1.165) is 11.6 Å². The molecule has 5 nitrogen and oxygen atoms in total. The lowest BCUT2D eigenvalue weighted by Crippen LogP contribution is -2.30. The summed E-state index contributed by atoms with van der Waals surface area (Å²) < 4.78 is 19.6. The number of benzene rings is 2. The second-order valence-corrected chi connectivity index (χ2v) is 8.07. The van der Waals surface area contributed by atoms with Crippen LogP contribution in [0.3, 0.4) is 0 Å². The number of aromatic nitrogens is 1. The van der Waals surface area contributed by atoms with E-state index in [1.807, 2.05) is 6.92 Å². The van der Waals surface area contributed by atoms with Gasteiger partial charge in [-0.1, -0.05) is 29.3 Å². The topological polar surface area (TPSA) is 63.4 Å². The van der Waals surface area contributed by atoms with Gasteiger partial charge in [-0.05, 0) is 60.5 Å². The molecule has 0 radical (unpaired) electrons. The van der Waals surface area contributed by atoms with E-state index in [1.165, 1.54) is 17.0 Å². The van der Waals surface area contributed by atoms with Crippen molar-refractivity contribution in [3.8, 4) is 0 Å². The van der Waals surface area contributed by atoms with Gasteiger partial charge in [-0.2, -0.15) is 0 Å². The number of amides is 1. The van der Waals surface area contributed by atoms with Gasteiger partial charge in [0.1, 0.15) is 17.2 Å². The fourth-order valence-corrected chi connectivity index (χ4v) is 4.14. The molecule has 0 bridgehead atoms. The summed E-state index contributed by atoms with van der Waals surface area (Å²) in [6.07, 6.45) is 1.58. The normalized spacial score (nSPS) is 15.5. The molecule has 2 aromatic carbocycles. The molecule has 0 saturated carbocycles. The Bertz CT molecular complexity index is 1450. The van der Waals surface area contributed by atoms with Crippen molar-refractivity contribution in [2.75, 3.05) is 4.90 Å². The molecule has 2 aromatic heterocycles. The van der Waals surface area contributed by atoms with Crippen molar-refractivity contribution in [2.24, 2.45) is 0 Å². The van der Waals surface area contributed by atoms with E-state index < -0.39 is 23.2 Å². The second kappa shape index (κ2) is 7.18. The van der Waals surface area contributed by atoms with Gasteiger partial charge in [-0.15, -0.1) is 0 Å². The van der Waals surface area contributed by atoms with Crippen LogP contribution in [-0.4, -0.2) is 10.9 Å². The Balaban J connectivity index is 1.84. The summed E-state index contributed by atoms with van der Waals surface area (Å²) in [4.78, 5) is 32.6. The number of hydrogen-bond acceptors (Lipinski definition) is 4. The van der Waals surface area contributed by atoms with Crippen LogP contribution in [0.4, 0.5) is 10.2 Å². The molecule has 0 fully saturated rings. The summed E-state index contributed by atoms with van der Waals surface area (Å²) in [6, 6.07) is 11.1. The molecule has 5 rings (SSSR count). The number of fused-ring (bicyclic) bond motifs is 2. The number of pyridine rings is 1. The van der Waals surface area contributed by atoms with Gasteiger partial charge < -0.3 is 4.42 Å². The summed E-state index contributed by atoms with van der Waals surface area (Å²) in [5.41, 5.74) is 1.17. The van der Waals surface area contributed by atoms with Crippen LogP contribution in [0, 0.1) is 12.7 Å². The molecule has 1 aliphatic rings. The van der Waals surface area contributed by atoms with E-state index >= 15 is 0 Å². The van der Waals surface area contributed by atoms with Crippen LogP contribution in [0.25, 0.3) is 11.0 Å². The van der Waals surface area contributed by atoms with Gasteiger partial charge in [0.05, 0.1) is 27.0 Å². The van der Waals surface area contributed by atoms with Crippen LogP contribution in [0.1, 0.15) is 33.3 Å². The van der Waals surface area contributed by atoms with Crippen molar-refractivity contribution in [1.82, 2.24) is 4.98 Å². The molecule has 0 N–H and O–H groups in total. The number of carbonyl (C=O) groups excluding carboxylic acids is 1. The highest BCUT2D eigenvalue weighted by atomic mass is 35.5. The molecule has 1 amide bonds. The summed E-state index contributed by atoms with van der Waals surface area (Å²) >= 11 is 12.3. The van der Waals surface area contributed by atoms with Crippen molar-refractivity contribution in [3.63, 3.8) is 0 Å². The minimum atomic E-state index is -0.865. The summed E-state index contributed by atoms with van der Waals surface area (Å²) in [5.74, 6) is -0.856. The van der Waals surface area contributed by atoms with Crippen molar-refractivity contribution in [1.29, 1.82) is 0 Å². The monoisotopic (exact) mass is 454 g/mol. The quantitative estimate of drug-likeness (QED) is 0.390. The van der Waals surface area contributed by atoms with Crippen LogP contribution in [0.5, 0.6) is 0 Å². The van der Waals surface area contributed by atoms with Crippen molar-refractivity contribution in [3.05, 3.63) is 103 Å². The molecule has 3 heterocycles. The van der Waals surface area contributed by atoms with Gasteiger partial charge in [-0.3, -0.25) is 14.5 Å². The maximum absolute atomic E-state index is 13.8. The van der Waals surface area contributed by atoms with Crippen LogP contribution < -0.4 is 10.3 Å². The molecule has 8 heteroatoms. The van der Waals surface area contributed by atoms with Crippen molar-refractivity contribution >= 4 is 45.9 Å². The van der Waals surface area contributed by atoms with Crippen LogP contribution in [-0.2, 0) is 0 Å². The van der Waals surface area contributed by atoms with Crippen LogP contribution >= 0.6 is 23.2 Å². The van der Waals surface area contributed by atoms with Gasteiger partial charge in [0.2, 0.25) is 5.76 Å². The van der Waals surface area contributed by atoms with Gasteiger partial charge in [-0.25, -0.2) is 9.37 Å². The third-order valence-electron chi connectivity index (χ3n) is 5.24. The predicted octanol–water partition coefficient (Wildman–Crippen LogP) is 5.69. The number of anilines is 1. The third-order valence-corrected chi connectivity index (χ3v) is 5.98. The molecule has 0 aliphatic carbocycles. The molecule has 1 atom stereocenters. The Kier molecular flexibility index (Phi) is 4.57. The first-order valence-electron chi connectivity index (χ1n) is 9.32. The highest BCUT2D eigenvalue weighted by molar-refractivity contribution is 6.42. The number of nitrogens with zero attached hydrogens (tertiary/aromatic N) is 2. The van der Waals surface area contributed by atoms with Crippen LogP contribution in [0.2, 0.25) is 10.0 Å². The SMILES string of the molecule is Cc1ccnc(N2C(=O)c3oc4ccc(F)cc4c(=O)c3C2c2ccc(Cl)c(Cl)c2)c1. The van der Waals surface area contributed by atoms with E-state index in [9.17, 15) is 14.0 Å². The fourth-order valence-electron chi connectivity index (χ4n) is 3.83. The summed E-state index contributed by atoms with van der Waals surface area (Å²) in [6.45, 7) is 1.87. The molecule has 0 saturated heterocycles. The zero-order valence-electron chi connectivity index (χ0n) is 16.0. The third kappa shape index (κ3) is 3.10. The van der Waals surface area contributed by atoms with Crippen LogP contribution in [0.15, 0.2) is 63.9 Å². The predicted molar refractivity (Wildman–Crippen MR) is 117 cm³/mol. The van der Waals surface area contributed by atoms with E-state index in [0.29, 0.717) is 16.4 Å². The van der Waals surface area contributed by atoms with E-state index in [4.69, 9.17) is 27.6 Å². The van der Waals surface area contributed by atoms with Gasteiger partial charge in [0.15, 0.2) is 5.43 Å². The zero-order chi connectivity index (χ0) is 21.9. The average molecular weight is 455 g/mol. The average Bonchev–Trinajstić information content (AvgIpc) is 3.03. The molecule has 154 valence electrons. The number of hydrogen-bond donors (Lipinski definition) is 0. The molecule has 1 unspecified atom stereocenters. The highest BCUT2D eigenvalue weighted by Crippen LogP contribution is 2.42. The Morgan fingerprint density at radius 1 is 1.03 bits per heavy atom. The first-order chi connectivity index (χ1) is 14.8. The second-order valence-electron chi connectivity index (χ2n) is 7.26. The van der Waals surface area contributed by atoms with Gasteiger partial charge in [0, 0.05) is 6.20 Å². The van der Waals surface area contributed by atoms with Gasteiger partial charge in [0.25, 0.3) is 5.91 Å². The molecular weight excluding hydrogens is 442 g/mol. The first-order valence-corrected chi connectivity index (χ1v) is 10.1. The molecule has 4 aromatic rings. The lowest BCUT2D eigenvalue weighted by molar-refractivity contribution is 0.0970. The lowest BCUT2D eigenvalue weighted by Gasteiger charge is -2.24. The number of aryl methyl sites for hydroxylation is 1. The smallest absolute Gasteiger partial charge is 0.296 e. The molecule has 1 aliphatic heterocycles. The van der Waals surface area contributed by atoms with E-state index in [-0.39, 0.29) is 27.3 Å². The standard InChI is InChI=1S/C23H13Cl2FN2O3/c1-11-6-7-27-18(8-11)28-20(12-2-4-15(24)16(25)9-12)19-21(29)14-10-13(26)3-5-17(14)31-22(19)23(28)30/h2-10,20H,1H3. The maximum Gasteiger partial charge on any atom is 0.296 e. The lowest BCUT2D eigenvalue weighted by atomic mass is 9.98. The maximum atomic E-state index is 13.8. The Morgan fingerprint density at radius 3 is 2.58 bits per heavy atom. The molecule has 31 heavy (non-hydrogen) atoms. The Hall–Kier alpha value is -3.22. The number of halogens is 3. The number of carbonyl (C=O) groups is 1. The van der Waals surface area contributed by atoms with Crippen molar-refractivity contribution < 1.29 is 13.6 Å². The minimum absolute atomic E-state index is 0.0515. The summed E-state index contributed by atoms with van der Waals surface area (Å²) in [5, 5.41) is 0.659. The van der Waals surface area contributed by atoms with E-state index in [2.05, 4.69) is 4.98 Å². The molecular formula is C23H13Cl2FN2O3. The first kappa shape index (κ1) is 19.7. The van der Waals surface area contributed by atoms with E-state index in [1.54, 1.807) is 36.5 Å². The molecule has 0 spiro atoms. The minimum Gasteiger partial charge on any atom is -0.450 e.